The van der Waals surface area contributed by atoms with E-state index in [2.05, 4.69) is 27.4 Å². The molecule has 0 bridgehead atoms. The highest BCUT2D eigenvalue weighted by Gasteiger charge is 2.22. The number of benzene rings is 2. The molecular weight excluding hydrogens is 448 g/mol. The van der Waals surface area contributed by atoms with Crippen LogP contribution < -0.4 is 16.0 Å². The van der Waals surface area contributed by atoms with Crippen molar-refractivity contribution >= 4 is 40.6 Å². The van der Waals surface area contributed by atoms with E-state index in [0.29, 0.717) is 24.5 Å². The Morgan fingerprint density at radius 2 is 1.65 bits per heavy atom. The Labute approximate surface area is 203 Å². The molecule has 3 aromatic rings. The van der Waals surface area contributed by atoms with Crippen LogP contribution in [-0.4, -0.2) is 29.3 Å². The average molecular weight is 477 g/mol. The lowest BCUT2D eigenvalue weighted by Gasteiger charge is -2.27. The van der Waals surface area contributed by atoms with E-state index in [9.17, 15) is 14.4 Å². The summed E-state index contributed by atoms with van der Waals surface area (Å²) in [6.07, 6.45) is 1.26. The van der Waals surface area contributed by atoms with E-state index in [1.807, 2.05) is 54.3 Å². The number of hydrogen-bond acceptors (Lipinski definition) is 4. The van der Waals surface area contributed by atoms with Gasteiger partial charge in [-0.2, -0.15) is 0 Å². The Hall–Kier alpha value is -3.65. The lowest BCUT2D eigenvalue weighted by Crippen LogP contribution is -2.36. The van der Waals surface area contributed by atoms with Gasteiger partial charge in [-0.15, -0.1) is 11.3 Å². The zero-order chi connectivity index (χ0) is 23.9. The van der Waals surface area contributed by atoms with Crippen LogP contribution in [0.1, 0.15) is 41.8 Å². The number of anilines is 2. The van der Waals surface area contributed by atoms with E-state index in [-0.39, 0.29) is 36.7 Å². The Kier molecular flexibility index (Phi) is 7.59. The van der Waals surface area contributed by atoms with Gasteiger partial charge in [0.1, 0.15) is 0 Å². The van der Waals surface area contributed by atoms with Gasteiger partial charge in [0.15, 0.2) is 0 Å². The van der Waals surface area contributed by atoms with E-state index >= 15 is 0 Å². The first-order valence-electron chi connectivity index (χ1n) is 11.3. The Balaban J connectivity index is 1.21. The number of rotatable bonds is 7. The first-order chi connectivity index (χ1) is 16.5. The summed E-state index contributed by atoms with van der Waals surface area (Å²) in [6.45, 7) is 3.25. The summed E-state index contributed by atoms with van der Waals surface area (Å²) in [5.74, 6) is -0.137. The molecule has 2 heterocycles. The fourth-order valence-corrected chi connectivity index (χ4v) is 4.80. The molecule has 0 fully saturated rings. The number of hydrogen-bond donors (Lipinski definition) is 3. The molecule has 0 aliphatic carbocycles. The third-order valence-corrected chi connectivity index (χ3v) is 6.83. The highest BCUT2D eigenvalue weighted by Crippen LogP contribution is 2.24. The molecule has 34 heavy (non-hydrogen) atoms. The van der Waals surface area contributed by atoms with E-state index in [1.54, 1.807) is 23.5 Å². The number of nitrogens with one attached hydrogen (secondary N) is 3. The smallest absolute Gasteiger partial charge is 0.323 e. The first kappa shape index (κ1) is 23.5. The Morgan fingerprint density at radius 3 is 2.38 bits per heavy atom. The van der Waals surface area contributed by atoms with Crippen LogP contribution in [-0.2, 0) is 22.6 Å². The van der Waals surface area contributed by atoms with Crippen LogP contribution in [0.3, 0.4) is 0 Å². The van der Waals surface area contributed by atoms with Crippen molar-refractivity contribution in [1.82, 2.24) is 10.2 Å². The minimum absolute atomic E-state index is 0.0175. The minimum Gasteiger partial charge on any atom is -0.350 e. The van der Waals surface area contributed by atoms with Gasteiger partial charge in [-0.1, -0.05) is 30.3 Å². The lowest BCUT2D eigenvalue weighted by atomic mass is 10.1. The largest absolute Gasteiger partial charge is 0.350 e. The standard InChI is InChI=1S/C26H28N4O3S/c1-18(19-7-9-22(10-8-19)29-26(33)28-21-5-3-2-4-6-21)27-24(31)11-12-25(32)30-15-13-23-20(17-30)14-16-34-23/h2-10,14,16,18H,11-13,15,17H2,1H3,(H,27,31)(H2,28,29,33). The molecule has 4 rings (SSSR count). The zero-order valence-corrected chi connectivity index (χ0v) is 19.9. The van der Waals surface area contributed by atoms with Gasteiger partial charge in [-0.3, -0.25) is 9.59 Å². The molecule has 1 unspecified atom stereocenters. The van der Waals surface area contributed by atoms with Gasteiger partial charge in [0.2, 0.25) is 11.8 Å². The van der Waals surface area contributed by atoms with Crippen LogP contribution in [0.2, 0.25) is 0 Å². The van der Waals surface area contributed by atoms with Crippen molar-refractivity contribution in [3.05, 3.63) is 82.0 Å². The molecule has 0 saturated heterocycles. The van der Waals surface area contributed by atoms with Crippen LogP contribution in [0.15, 0.2) is 66.0 Å². The zero-order valence-electron chi connectivity index (χ0n) is 19.0. The second-order valence-electron chi connectivity index (χ2n) is 8.29. The van der Waals surface area contributed by atoms with Crippen molar-refractivity contribution in [1.29, 1.82) is 0 Å². The highest BCUT2D eigenvalue weighted by molar-refractivity contribution is 7.10. The molecule has 1 atom stereocenters. The summed E-state index contributed by atoms with van der Waals surface area (Å²) in [6, 6.07) is 18.1. The quantitative estimate of drug-likeness (QED) is 0.451. The predicted molar refractivity (Wildman–Crippen MR) is 135 cm³/mol. The van der Waals surface area contributed by atoms with Crippen molar-refractivity contribution in [2.45, 2.75) is 38.8 Å². The van der Waals surface area contributed by atoms with E-state index in [0.717, 1.165) is 12.0 Å². The highest BCUT2D eigenvalue weighted by atomic mass is 32.1. The van der Waals surface area contributed by atoms with Gasteiger partial charge in [-0.25, -0.2) is 4.79 Å². The maximum Gasteiger partial charge on any atom is 0.323 e. The molecule has 1 aliphatic heterocycles. The van der Waals surface area contributed by atoms with Gasteiger partial charge in [0.25, 0.3) is 0 Å². The number of para-hydroxylation sites is 1. The van der Waals surface area contributed by atoms with Gasteiger partial charge in [-0.05, 0) is 60.2 Å². The number of carbonyl (C=O) groups excluding carboxylic acids is 3. The summed E-state index contributed by atoms with van der Waals surface area (Å²) < 4.78 is 0. The molecule has 0 radical (unpaired) electrons. The topological polar surface area (TPSA) is 90.5 Å². The molecule has 7 nitrogen and oxygen atoms in total. The summed E-state index contributed by atoms with van der Waals surface area (Å²) in [5, 5.41) is 10.6. The molecule has 0 saturated carbocycles. The third kappa shape index (κ3) is 6.23. The van der Waals surface area contributed by atoms with Crippen molar-refractivity contribution in [2.24, 2.45) is 0 Å². The van der Waals surface area contributed by atoms with Crippen LogP contribution in [0, 0.1) is 0 Å². The Morgan fingerprint density at radius 1 is 0.941 bits per heavy atom. The third-order valence-electron chi connectivity index (χ3n) is 5.80. The summed E-state index contributed by atoms with van der Waals surface area (Å²) >= 11 is 1.74. The molecule has 4 amide bonds. The van der Waals surface area contributed by atoms with Crippen LogP contribution in [0.5, 0.6) is 0 Å². The van der Waals surface area contributed by atoms with Gasteiger partial charge in [0, 0.05) is 42.2 Å². The number of fused-ring (bicyclic) bond motifs is 1. The number of urea groups is 1. The van der Waals surface area contributed by atoms with Crippen LogP contribution >= 0.6 is 11.3 Å². The van der Waals surface area contributed by atoms with Crippen molar-refractivity contribution in [3.8, 4) is 0 Å². The van der Waals surface area contributed by atoms with Gasteiger partial charge >= 0.3 is 6.03 Å². The van der Waals surface area contributed by atoms with E-state index in [1.165, 1.54) is 10.4 Å². The molecule has 0 spiro atoms. The minimum atomic E-state index is -0.325. The molecule has 1 aromatic heterocycles. The van der Waals surface area contributed by atoms with Crippen LogP contribution in [0.25, 0.3) is 0 Å². The molecule has 1 aliphatic rings. The average Bonchev–Trinajstić information content (AvgIpc) is 3.31. The fourth-order valence-electron chi connectivity index (χ4n) is 3.91. The second kappa shape index (κ2) is 11.0. The van der Waals surface area contributed by atoms with Crippen molar-refractivity contribution in [2.75, 3.05) is 17.2 Å². The van der Waals surface area contributed by atoms with Crippen molar-refractivity contribution < 1.29 is 14.4 Å². The van der Waals surface area contributed by atoms with Gasteiger partial charge < -0.3 is 20.9 Å². The fraction of sp³-hybridized carbons (Fsp3) is 0.269. The number of thiophene rings is 1. The number of nitrogens with zero attached hydrogens (tertiary/aromatic N) is 1. The van der Waals surface area contributed by atoms with Crippen LogP contribution in [0.4, 0.5) is 16.2 Å². The monoisotopic (exact) mass is 476 g/mol. The van der Waals surface area contributed by atoms with E-state index < -0.39 is 0 Å². The van der Waals surface area contributed by atoms with Gasteiger partial charge in [0.05, 0.1) is 6.04 Å². The normalized spacial score (nSPS) is 13.5. The Bertz CT molecular complexity index is 1140. The molecule has 176 valence electrons. The molecule has 8 heteroatoms. The molecule has 2 aromatic carbocycles. The number of carbonyl (C=O) groups is 3. The number of amides is 4. The van der Waals surface area contributed by atoms with E-state index in [4.69, 9.17) is 0 Å². The van der Waals surface area contributed by atoms with Crippen molar-refractivity contribution in [3.63, 3.8) is 0 Å². The SMILES string of the molecule is CC(NC(=O)CCC(=O)N1CCc2sccc2C1)c1ccc(NC(=O)Nc2ccccc2)cc1. The summed E-state index contributed by atoms with van der Waals surface area (Å²) in [4.78, 5) is 40.3. The predicted octanol–water partition coefficient (Wildman–Crippen LogP) is 4.93. The summed E-state index contributed by atoms with van der Waals surface area (Å²) in [5.41, 5.74) is 3.49. The lowest BCUT2D eigenvalue weighted by molar-refractivity contribution is -0.134. The molecular formula is C26H28N4O3S. The first-order valence-corrected chi connectivity index (χ1v) is 12.2. The summed E-state index contributed by atoms with van der Waals surface area (Å²) in [7, 11) is 0. The second-order valence-corrected chi connectivity index (χ2v) is 9.29. The molecule has 3 N–H and O–H groups in total. The maximum atomic E-state index is 12.5. The maximum absolute atomic E-state index is 12.5.